The van der Waals surface area contributed by atoms with E-state index in [1.165, 1.54) is 6.07 Å². The van der Waals surface area contributed by atoms with E-state index in [0.717, 1.165) is 17.9 Å². The number of aromatic carboxylic acids is 1. The molecule has 19 heavy (non-hydrogen) atoms. The van der Waals surface area contributed by atoms with E-state index in [9.17, 15) is 9.59 Å². The maximum Gasteiger partial charge on any atom is 0.335 e. The van der Waals surface area contributed by atoms with Gasteiger partial charge in [-0.25, -0.2) is 4.79 Å². The van der Waals surface area contributed by atoms with Crippen LogP contribution in [0.3, 0.4) is 0 Å². The largest absolute Gasteiger partial charge is 0.478 e. The first-order chi connectivity index (χ1) is 9.09. The molecule has 0 spiro atoms. The molecule has 1 saturated heterocycles. The third kappa shape index (κ3) is 1.76. The fourth-order valence-corrected chi connectivity index (χ4v) is 2.73. The number of carbonyl (C=O) groups is 2. The monoisotopic (exact) mass is 261 g/mol. The van der Waals surface area contributed by atoms with Crippen molar-refractivity contribution in [2.24, 2.45) is 0 Å². The highest BCUT2D eigenvalue weighted by atomic mass is 16.4. The lowest BCUT2D eigenvalue weighted by Crippen LogP contribution is -2.61. The van der Waals surface area contributed by atoms with Crippen molar-refractivity contribution < 1.29 is 14.7 Å². The van der Waals surface area contributed by atoms with Gasteiger partial charge < -0.3 is 20.2 Å². The molecule has 1 amide bonds. The summed E-state index contributed by atoms with van der Waals surface area (Å²) < 4.78 is 0. The molecule has 0 aromatic heterocycles. The summed E-state index contributed by atoms with van der Waals surface area (Å²) in [5.41, 5.74) is 1.85. The van der Waals surface area contributed by atoms with Crippen LogP contribution in [0.2, 0.25) is 0 Å². The Morgan fingerprint density at radius 2 is 2.21 bits per heavy atom. The molecule has 2 aliphatic rings. The van der Waals surface area contributed by atoms with Crippen molar-refractivity contribution in [1.29, 1.82) is 0 Å². The average molecular weight is 261 g/mol. The van der Waals surface area contributed by atoms with Crippen LogP contribution in [0.15, 0.2) is 18.2 Å². The molecule has 3 rings (SSSR count). The van der Waals surface area contributed by atoms with E-state index < -0.39 is 5.97 Å². The summed E-state index contributed by atoms with van der Waals surface area (Å²) in [5, 5.41) is 12.3. The third-order valence-electron chi connectivity index (χ3n) is 3.75. The summed E-state index contributed by atoms with van der Waals surface area (Å²) in [6.45, 7) is 2.10. The molecule has 1 aromatic carbocycles. The Hall–Kier alpha value is -2.08. The maximum atomic E-state index is 12.3. The Morgan fingerprint density at radius 1 is 1.42 bits per heavy atom. The number of carboxylic acid groups (broad SMARTS) is 1. The lowest BCUT2D eigenvalue weighted by Gasteiger charge is -2.44. The molecule has 0 aliphatic carbocycles. The van der Waals surface area contributed by atoms with Gasteiger partial charge in [0, 0.05) is 26.7 Å². The summed E-state index contributed by atoms with van der Waals surface area (Å²) in [5.74, 6) is -0.906. The van der Waals surface area contributed by atoms with Crippen molar-refractivity contribution in [1.82, 2.24) is 5.32 Å². The third-order valence-corrected chi connectivity index (χ3v) is 3.75. The molecule has 0 saturated carbocycles. The summed E-state index contributed by atoms with van der Waals surface area (Å²) >= 11 is 0. The van der Waals surface area contributed by atoms with Crippen LogP contribution in [0.4, 0.5) is 11.4 Å². The molecule has 0 radical (unpaired) electrons. The van der Waals surface area contributed by atoms with E-state index in [1.54, 1.807) is 24.1 Å². The number of nitrogens with one attached hydrogen (secondary N) is 1. The number of amides is 1. The minimum Gasteiger partial charge on any atom is -0.478 e. The lowest BCUT2D eigenvalue weighted by molar-refractivity contribution is -0.120. The molecule has 1 unspecified atom stereocenters. The average Bonchev–Trinajstić information content (AvgIpc) is 2.44. The van der Waals surface area contributed by atoms with Crippen LogP contribution in [0, 0.1) is 0 Å². The topological polar surface area (TPSA) is 72.9 Å². The van der Waals surface area contributed by atoms with Gasteiger partial charge >= 0.3 is 5.97 Å². The first kappa shape index (κ1) is 12.0. The normalized spacial score (nSPS) is 21.9. The van der Waals surface area contributed by atoms with Gasteiger partial charge in [-0.05, 0) is 18.2 Å². The van der Waals surface area contributed by atoms with Gasteiger partial charge in [0.1, 0.15) is 6.04 Å². The molecule has 2 aliphatic heterocycles. The predicted octanol–water partition coefficient (Wildman–Crippen LogP) is 0.139. The van der Waals surface area contributed by atoms with Crippen LogP contribution in [-0.2, 0) is 4.79 Å². The quantitative estimate of drug-likeness (QED) is 0.752. The van der Waals surface area contributed by atoms with Gasteiger partial charge in [0.15, 0.2) is 0 Å². The minimum absolute atomic E-state index is 0.0442. The number of likely N-dealkylation sites (N-methyl/N-ethyl adjacent to an activating group) is 1. The minimum atomic E-state index is -0.950. The zero-order valence-electron chi connectivity index (χ0n) is 10.6. The van der Waals surface area contributed by atoms with Gasteiger partial charge in [-0.15, -0.1) is 0 Å². The summed E-state index contributed by atoms with van der Waals surface area (Å²) in [6.07, 6.45) is 0. The van der Waals surface area contributed by atoms with Gasteiger partial charge in [0.25, 0.3) is 5.91 Å². The van der Waals surface area contributed by atoms with Gasteiger partial charge in [0.05, 0.1) is 16.9 Å². The van der Waals surface area contributed by atoms with Crippen molar-refractivity contribution in [3.8, 4) is 0 Å². The standard InChI is InChI=1S/C13H15N3O3/c1-15-9-3-2-8(13(18)19)6-10(9)16-5-4-14-7-11(16)12(15)17/h2-3,6,11,14H,4-5,7H2,1H3,(H,18,19). The fraction of sp³-hybridized carbons (Fsp3) is 0.385. The van der Waals surface area contributed by atoms with Crippen LogP contribution in [0.5, 0.6) is 0 Å². The highest BCUT2D eigenvalue weighted by Crippen LogP contribution is 2.36. The van der Waals surface area contributed by atoms with E-state index in [0.29, 0.717) is 13.1 Å². The number of benzene rings is 1. The number of nitrogens with zero attached hydrogens (tertiary/aromatic N) is 2. The van der Waals surface area contributed by atoms with Gasteiger partial charge in [-0.3, -0.25) is 4.79 Å². The number of carbonyl (C=O) groups excluding carboxylic acids is 1. The second-order valence-electron chi connectivity index (χ2n) is 4.82. The predicted molar refractivity (Wildman–Crippen MR) is 70.8 cm³/mol. The van der Waals surface area contributed by atoms with Crippen molar-refractivity contribution >= 4 is 23.3 Å². The van der Waals surface area contributed by atoms with Crippen molar-refractivity contribution in [2.45, 2.75) is 6.04 Å². The second-order valence-corrected chi connectivity index (χ2v) is 4.82. The molecule has 1 fully saturated rings. The Morgan fingerprint density at radius 3 is 2.95 bits per heavy atom. The van der Waals surface area contributed by atoms with Crippen LogP contribution in [-0.4, -0.2) is 49.7 Å². The van der Waals surface area contributed by atoms with Gasteiger partial charge in [-0.2, -0.15) is 0 Å². The number of fused-ring (bicyclic) bond motifs is 3. The van der Waals surface area contributed by atoms with E-state index in [1.807, 2.05) is 4.90 Å². The molecule has 6 nitrogen and oxygen atoms in total. The zero-order valence-corrected chi connectivity index (χ0v) is 10.6. The summed E-state index contributed by atoms with van der Waals surface area (Å²) in [7, 11) is 1.73. The van der Waals surface area contributed by atoms with Crippen LogP contribution in [0.1, 0.15) is 10.4 Å². The fourth-order valence-electron chi connectivity index (χ4n) is 2.73. The Balaban J connectivity index is 2.12. The van der Waals surface area contributed by atoms with Gasteiger partial charge in [0.2, 0.25) is 0 Å². The number of carboxylic acids is 1. The number of hydrogen-bond donors (Lipinski definition) is 2. The molecule has 2 heterocycles. The molecule has 2 N–H and O–H groups in total. The molecule has 100 valence electrons. The second kappa shape index (κ2) is 4.24. The SMILES string of the molecule is CN1C(=O)C2CNCCN2c2cc(C(=O)O)ccc21. The van der Waals surface area contributed by atoms with Crippen LogP contribution in [0.25, 0.3) is 0 Å². The Kier molecular flexibility index (Phi) is 2.67. The van der Waals surface area contributed by atoms with Crippen molar-refractivity contribution in [3.05, 3.63) is 23.8 Å². The first-order valence-corrected chi connectivity index (χ1v) is 6.22. The zero-order chi connectivity index (χ0) is 13.6. The van der Waals surface area contributed by atoms with Gasteiger partial charge in [-0.1, -0.05) is 0 Å². The number of piperazine rings is 1. The molecule has 6 heteroatoms. The molecule has 1 atom stereocenters. The van der Waals surface area contributed by atoms with Crippen LogP contribution >= 0.6 is 0 Å². The Labute approximate surface area is 110 Å². The summed E-state index contributed by atoms with van der Waals surface area (Å²) in [6, 6.07) is 4.65. The number of hydrogen-bond acceptors (Lipinski definition) is 4. The Bertz CT molecular complexity index is 558. The first-order valence-electron chi connectivity index (χ1n) is 6.22. The maximum absolute atomic E-state index is 12.3. The summed E-state index contributed by atoms with van der Waals surface area (Å²) in [4.78, 5) is 27.0. The van der Waals surface area contributed by atoms with E-state index >= 15 is 0 Å². The van der Waals surface area contributed by atoms with E-state index in [4.69, 9.17) is 5.11 Å². The van der Waals surface area contributed by atoms with Crippen molar-refractivity contribution in [3.63, 3.8) is 0 Å². The molecule has 0 bridgehead atoms. The molecule has 1 aromatic rings. The number of rotatable bonds is 1. The highest BCUT2D eigenvalue weighted by Gasteiger charge is 2.38. The lowest BCUT2D eigenvalue weighted by atomic mass is 10.0. The number of anilines is 2. The van der Waals surface area contributed by atoms with E-state index in [-0.39, 0.29) is 17.5 Å². The van der Waals surface area contributed by atoms with Crippen LogP contribution < -0.4 is 15.1 Å². The van der Waals surface area contributed by atoms with E-state index in [2.05, 4.69) is 5.32 Å². The molecular weight excluding hydrogens is 246 g/mol. The van der Waals surface area contributed by atoms with Crippen molar-refractivity contribution in [2.75, 3.05) is 36.5 Å². The highest BCUT2D eigenvalue weighted by molar-refractivity contribution is 6.06. The smallest absolute Gasteiger partial charge is 0.335 e. The molecular formula is C13H15N3O3.